The SMILES string of the molecule is [c]1sc2cc(-c3nncc4ccccc34)c(-c3cnc4ccccc4n3)c(-c3nccc4ccccc34)c2c1-c1ccc2ccccc2n1. The maximum atomic E-state index is 5.25. The molecule has 10 rings (SSSR count). The number of nitrogens with zero attached hydrogens (tertiary/aromatic N) is 6. The lowest BCUT2D eigenvalue weighted by Crippen LogP contribution is -2.00. The molecule has 49 heavy (non-hydrogen) atoms. The van der Waals surface area contributed by atoms with Crippen molar-refractivity contribution in [2.45, 2.75) is 0 Å². The monoisotopic (exact) mass is 643 g/mol. The highest BCUT2D eigenvalue weighted by molar-refractivity contribution is 7.17. The first-order chi connectivity index (χ1) is 24.3. The molecule has 0 bridgehead atoms. The lowest BCUT2D eigenvalue weighted by Gasteiger charge is -2.19. The maximum absolute atomic E-state index is 5.25. The first-order valence-electron chi connectivity index (χ1n) is 15.9. The van der Waals surface area contributed by atoms with Gasteiger partial charge in [0.1, 0.15) is 5.69 Å². The molecule has 1 radical (unpaired) electrons. The third-order valence-electron chi connectivity index (χ3n) is 9.10. The topological polar surface area (TPSA) is 77.3 Å². The van der Waals surface area contributed by atoms with E-state index >= 15 is 0 Å². The van der Waals surface area contributed by atoms with Crippen LogP contribution < -0.4 is 0 Å². The quantitative estimate of drug-likeness (QED) is 0.190. The Morgan fingerprint density at radius 1 is 0.531 bits per heavy atom. The molecule has 5 heterocycles. The van der Waals surface area contributed by atoms with Gasteiger partial charge in [-0.3, -0.25) is 9.97 Å². The maximum Gasteiger partial charge on any atom is 0.101 e. The van der Waals surface area contributed by atoms with Gasteiger partial charge in [0.15, 0.2) is 0 Å². The third kappa shape index (κ3) is 4.47. The summed E-state index contributed by atoms with van der Waals surface area (Å²) in [4.78, 5) is 20.4. The molecule has 0 spiro atoms. The second-order valence-electron chi connectivity index (χ2n) is 11.9. The van der Waals surface area contributed by atoms with Crippen LogP contribution in [0.2, 0.25) is 0 Å². The van der Waals surface area contributed by atoms with Gasteiger partial charge in [0.05, 0.1) is 51.4 Å². The molecule has 0 aliphatic heterocycles. The Morgan fingerprint density at radius 2 is 1.24 bits per heavy atom. The van der Waals surface area contributed by atoms with Gasteiger partial charge in [-0.1, -0.05) is 84.9 Å². The van der Waals surface area contributed by atoms with E-state index in [2.05, 4.69) is 77.2 Å². The summed E-state index contributed by atoms with van der Waals surface area (Å²) in [5.41, 5.74) is 9.38. The molecule has 0 aliphatic rings. The standard InChI is InChI=1S/C42H23N6S/c1-4-12-28-25(9-1)19-20-43-42(28)40-38(36-23-44-34-15-7-8-16-35(34)47-36)30(41-29-13-5-2-11-27(29)22-45-48-41)21-37-39(40)31(24-49-37)33-18-17-26-10-3-6-14-32(26)46-33/h1-23H. The molecule has 0 atom stereocenters. The van der Waals surface area contributed by atoms with E-state index in [1.165, 1.54) is 0 Å². The molecule has 0 amide bonds. The van der Waals surface area contributed by atoms with Crippen molar-refractivity contribution in [2.24, 2.45) is 0 Å². The predicted octanol–water partition coefficient (Wildman–Crippen LogP) is 10.4. The minimum atomic E-state index is 0.721. The Labute approximate surface area is 284 Å². The summed E-state index contributed by atoms with van der Waals surface area (Å²) in [6.45, 7) is 0. The molecule has 0 saturated carbocycles. The van der Waals surface area contributed by atoms with E-state index < -0.39 is 0 Å². The summed E-state index contributed by atoms with van der Waals surface area (Å²) in [6.07, 6.45) is 5.56. The van der Waals surface area contributed by atoms with E-state index in [9.17, 15) is 0 Å². The van der Waals surface area contributed by atoms with Crippen LogP contribution in [-0.4, -0.2) is 30.1 Å². The molecule has 6 nitrogen and oxygen atoms in total. The highest BCUT2D eigenvalue weighted by Crippen LogP contribution is 2.50. The summed E-state index contributed by atoms with van der Waals surface area (Å²) in [6, 6.07) is 41.2. The van der Waals surface area contributed by atoms with Crippen molar-refractivity contribution < 1.29 is 0 Å². The predicted molar refractivity (Wildman–Crippen MR) is 199 cm³/mol. The zero-order valence-corrected chi connectivity index (χ0v) is 26.7. The Balaban J connectivity index is 1.41. The Hall–Kier alpha value is -6.44. The van der Waals surface area contributed by atoms with Gasteiger partial charge in [-0.15, -0.1) is 16.4 Å². The molecule has 0 unspecified atom stereocenters. The van der Waals surface area contributed by atoms with Crippen LogP contribution in [0.25, 0.3) is 98.6 Å². The van der Waals surface area contributed by atoms with Crippen molar-refractivity contribution in [3.63, 3.8) is 0 Å². The van der Waals surface area contributed by atoms with Crippen LogP contribution >= 0.6 is 11.3 Å². The lowest BCUT2D eigenvalue weighted by molar-refractivity contribution is 1.06. The van der Waals surface area contributed by atoms with E-state index in [-0.39, 0.29) is 0 Å². The Morgan fingerprint density at radius 3 is 2.12 bits per heavy atom. The lowest BCUT2D eigenvalue weighted by atomic mass is 9.87. The van der Waals surface area contributed by atoms with Gasteiger partial charge in [-0.05, 0) is 41.8 Å². The smallest absolute Gasteiger partial charge is 0.101 e. The molecule has 0 saturated heterocycles. The first-order valence-corrected chi connectivity index (χ1v) is 16.8. The van der Waals surface area contributed by atoms with Crippen LogP contribution in [0.5, 0.6) is 0 Å². The summed E-state index contributed by atoms with van der Waals surface area (Å²) in [5, 5.41) is 19.2. The number of benzene rings is 5. The molecule has 0 fully saturated rings. The minimum Gasteiger partial charge on any atom is -0.256 e. The normalized spacial score (nSPS) is 11.7. The van der Waals surface area contributed by atoms with Crippen molar-refractivity contribution in [3.8, 4) is 45.0 Å². The number of hydrogen-bond donors (Lipinski definition) is 0. The van der Waals surface area contributed by atoms with Gasteiger partial charge in [0.2, 0.25) is 0 Å². The van der Waals surface area contributed by atoms with Gasteiger partial charge >= 0.3 is 0 Å². The number of hydrogen-bond acceptors (Lipinski definition) is 7. The number of rotatable bonds is 4. The van der Waals surface area contributed by atoms with Crippen LogP contribution in [0.15, 0.2) is 140 Å². The van der Waals surface area contributed by atoms with E-state index in [4.69, 9.17) is 25.0 Å². The third-order valence-corrected chi connectivity index (χ3v) is 9.95. The van der Waals surface area contributed by atoms with Crippen molar-refractivity contribution in [2.75, 3.05) is 0 Å². The van der Waals surface area contributed by atoms with Crippen molar-refractivity contribution in [1.82, 2.24) is 30.1 Å². The molecule has 10 aromatic rings. The highest BCUT2D eigenvalue weighted by Gasteiger charge is 2.27. The van der Waals surface area contributed by atoms with E-state index in [1.54, 1.807) is 11.3 Å². The summed E-state index contributed by atoms with van der Waals surface area (Å²) in [5.74, 6) is 0. The van der Waals surface area contributed by atoms with Gasteiger partial charge in [-0.25, -0.2) is 9.97 Å². The first kappa shape index (κ1) is 27.7. The minimum absolute atomic E-state index is 0.721. The largest absolute Gasteiger partial charge is 0.256 e. The van der Waals surface area contributed by atoms with E-state index in [0.717, 1.165) is 98.6 Å². The van der Waals surface area contributed by atoms with Crippen LogP contribution in [0.1, 0.15) is 0 Å². The fourth-order valence-corrected chi connectivity index (χ4v) is 7.74. The number of thiophene rings is 1. The van der Waals surface area contributed by atoms with Gasteiger partial charge in [-0.2, -0.15) is 5.10 Å². The molecule has 5 aromatic carbocycles. The van der Waals surface area contributed by atoms with Crippen LogP contribution in [0.4, 0.5) is 0 Å². The molecule has 5 aromatic heterocycles. The number of para-hydroxylation sites is 3. The summed E-state index contributed by atoms with van der Waals surface area (Å²) >= 11 is 1.57. The second-order valence-corrected chi connectivity index (χ2v) is 12.8. The molecule has 0 aliphatic carbocycles. The van der Waals surface area contributed by atoms with Gasteiger partial charge < -0.3 is 0 Å². The summed E-state index contributed by atoms with van der Waals surface area (Å²) < 4.78 is 1.04. The fourth-order valence-electron chi connectivity index (χ4n) is 6.84. The average Bonchev–Trinajstić information content (AvgIpc) is 3.60. The van der Waals surface area contributed by atoms with Crippen LogP contribution in [-0.2, 0) is 0 Å². The molecule has 7 heteroatoms. The molecular weight excluding hydrogens is 621 g/mol. The van der Waals surface area contributed by atoms with Gasteiger partial charge in [0, 0.05) is 60.1 Å². The second kappa shape index (κ2) is 11.1. The zero-order valence-electron chi connectivity index (χ0n) is 25.9. The van der Waals surface area contributed by atoms with Gasteiger partial charge in [0.25, 0.3) is 0 Å². The average molecular weight is 644 g/mol. The van der Waals surface area contributed by atoms with Crippen LogP contribution in [0.3, 0.4) is 0 Å². The summed E-state index contributed by atoms with van der Waals surface area (Å²) in [7, 11) is 0. The van der Waals surface area contributed by atoms with Crippen molar-refractivity contribution in [3.05, 3.63) is 145 Å². The Bertz CT molecular complexity index is 2900. The molecule has 0 N–H and O–H groups in total. The molecule has 227 valence electrons. The van der Waals surface area contributed by atoms with E-state index in [0.29, 0.717) is 0 Å². The van der Waals surface area contributed by atoms with Crippen molar-refractivity contribution >= 4 is 64.9 Å². The number of fused-ring (bicyclic) bond motifs is 5. The van der Waals surface area contributed by atoms with Crippen LogP contribution in [0, 0.1) is 5.38 Å². The number of pyridine rings is 2. The molecular formula is C42H23N6S. The Kier molecular flexibility index (Phi) is 6.25. The van der Waals surface area contributed by atoms with Crippen molar-refractivity contribution in [1.29, 1.82) is 0 Å². The number of aromatic nitrogens is 6. The van der Waals surface area contributed by atoms with E-state index in [1.807, 2.05) is 73.2 Å². The zero-order chi connectivity index (χ0) is 32.3. The fraction of sp³-hybridized carbons (Fsp3) is 0. The highest BCUT2D eigenvalue weighted by atomic mass is 32.1.